The van der Waals surface area contributed by atoms with Gasteiger partial charge in [0.15, 0.2) is 0 Å². The molecule has 0 aliphatic heterocycles. The number of aldehydes is 1. The van der Waals surface area contributed by atoms with E-state index in [-0.39, 0.29) is 11.9 Å². The van der Waals surface area contributed by atoms with Crippen molar-refractivity contribution >= 4 is 46.8 Å². The van der Waals surface area contributed by atoms with Gasteiger partial charge in [0.1, 0.15) is 35.0 Å². The lowest BCUT2D eigenvalue weighted by molar-refractivity contribution is 0.0725. The third-order valence-electron chi connectivity index (χ3n) is 15.1. The number of aryl methyl sites for hydroxylation is 2. The number of methoxy groups -OCH3 is 3. The van der Waals surface area contributed by atoms with Crippen molar-refractivity contribution in [3.63, 3.8) is 0 Å². The zero-order valence-corrected chi connectivity index (χ0v) is 55.6. The minimum absolute atomic E-state index is 0.376. The summed E-state index contributed by atoms with van der Waals surface area (Å²) in [4.78, 5) is 34.2. The first-order chi connectivity index (χ1) is 47.9. The molecule has 10 nitrogen and oxygen atoms in total. The number of hydrogen-bond donors (Lipinski definition) is 1. The lowest BCUT2D eigenvalue weighted by atomic mass is 9.99. The Morgan fingerprint density at radius 2 is 0.704 bits per heavy atom. The second-order valence-corrected chi connectivity index (χ2v) is 21.9. The molecule has 0 aliphatic carbocycles. The van der Waals surface area contributed by atoms with E-state index in [1.54, 1.807) is 94.1 Å². The number of ether oxygens (including phenoxy) is 5. The maximum atomic E-state index is 11.8. The Hall–Kier alpha value is -12.8. The lowest BCUT2D eigenvalue weighted by Crippen LogP contribution is -2.08. The molecule has 0 spiro atoms. The molecule has 10 heteroatoms. The topological polar surface area (TPSA) is 133 Å². The van der Waals surface area contributed by atoms with Gasteiger partial charge in [0.05, 0.1) is 44.1 Å². The van der Waals surface area contributed by atoms with Crippen molar-refractivity contribution in [2.45, 2.75) is 13.8 Å². The molecule has 0 atom stereocenters. The largest absolute Gasteiger partial charge is 0.497 e. The van der Waals surface area contributed by atoms with Crippen LogP contribution in [0, 0.1) is 25.2 Å². The summed E-state index contributed by atoms with van der Waals surface area (Å²) < 4.78 is 25.5. The van der Waals surface area contributed by atoms with Crippen LogP contribution in [0.25, 0.3) is 56.3 Å². The monoisotopic (exact) mass is 1290 g/mol. The summed E-state index contributed by atoms with van der Waals surface area (Å²) in [5.41, 5.74) is 15.5. The Morgan fingerprint density at radius 3 is 1.11 bits per heavy atom. The van der Waals surface area contributed by atoms with E-state index in [1.807, 2.05) is 134 Å². The predicted molar refractivity (Wildman–Crippen MR) is 399 cm³/mol. The number of carbonyl (C=O) groups excluding carboxylic acids is 3. The van der Waals surface area contributed by atoms with Crippen LogP contribution in [0.5, 0.6) is 28.7 Å². The van der Waals surface area contributed by atoms with Gasteiger partial charge in [-0.1, -0.05) is 236 Å². The van der Waals surface area contributed by atoms with Crippen LogP contribution in [0.3, 0.4) is 0 Å². The first-order valence-electron chi connectivity index (χ1n) is 31.6. The van der Waals surface area contributed by atoms with E-state index in [0.717, 1.165) is 40.0 Å². The molecular weight excluding hydrogens is 1210 g/mol. The van der Waals surface area contributed by atoms with Crippen molar-refractivity contribution in [3.05, 3.63) is 372 Å². The molecule has 0 aliphatic rings. The predicted octanol–water partition coefficient (Wildman–Crippen LogP) is 21.3. The number of fused-ring (bicyclic) bond motifs is 1. The van der Waals surface area contributed by atoms with Gasteiger partial charge >= 0.3 is 11.9 Å². The van der Waals surface area contributed by atoms with Crippen molar-refractivity contribution < 1.29 is 38.1 Å². The smallest absolute Gasteiger partial charge is 0.343 e. The van der Waals surface area contributed by atoms with E-state index in [4.69, 9.17) is 28.9 Å². The fraction of sp³-hybridized carbons (Fsp3) is 0.0682. The second-order valence-electron chi connectivity index (χ2n) is 21.9. The third-order valence-corrected chi connectivity index (χ3v) is 15.1. The SMILES string of the molecule is CNc1ccc(/C=C/c2ccccc2)cc1.COc1ccc(-c2ccc(C#N)cc2)cc1.COc1ccc(C(=O)Oc2ccccc2)cc1.COc1ccc(C(=O)Oc2ccccc2)cc1.Cc1ccc(-c2ccc(-c3ccc(C=O)cc3)cc2)cc1.Cc1cccc2ccccc12. The lowest BCUT2D eigenvalue weighted by Gasteiger charge is -2.06. The maximum Gasteiger partial charge on any atom is 0.343 e. The minimum atomic E-state index is -0.376. The van der Waals surface area contributed by atoms with Crippen LogP contribution in [0.1, 0.15) is 58.9 Å². The molecule has 0 amide bonds. The van der Waals surface area contributed by atoms with Crippen LogP contribution in [-0.2, 0) is 0 Å². The summed E-state index contributed by atoms with van der Waals surface area (Å²) in [6.45, 7) is 4.23. The van der Waals surface area contributed by atoms with Gasteiger partial charge in [0.25, 0.3) is 0 Å². The number of nitriles is 1. The van der Waals surface area contributed by atoms with Crippen molar-refractivity contribution in [1.82, 2.24) is 0 Å². The summed E-state index contributed by atoms with van der Waals surface area (Å²) in [6, 6.07) is 107. The summed E-state index contributed by atoms with van der Waals surface area (Å²) in [5, 5.41) is 14.5. The van der Waals surface area contributed by atoms with E-state index in [0.29, 0.717) is 45.3 Å². The number of nitrogens with one attached hydrogen (secondary N) is 1. The van der Waals surface area contributed by atoms with Gasteiger partial charge in [-0.15, -0.1) is 0 Å². The van der Waals surface area contributed by atoms with E-state index < -0.39 is 0 Å². The van der Waals surface area contributed by atoms with E-state index >= 15 is 0 Å². The molecule has 13 aromatic carbocycles. The quantitative estimate of drug-likeness (QED) is 0.0485. The number of carbonyl (C=O) groups is 3. The Morgan fingerprint density at radius 1 is 0.357 bits per heavy atom. The van der Waals surface area contributed by atoms with Crippen LogP contribution in [0.4, 0.5) is 5.69 Å². The van der Waals surface area contributed by atoms with Gasteiger partial charge in [-0.2, -0.15) is 5.26 Å². The number of anilines is 1. The van der Waals surface area contributed by atoms with Gasteiger partial charge in [0, 0.05) is 18.3 Å². The molecule has 0 aromatic heterocycles. The van der Waals surface area contributed by atoms with Gasteiger partial charge in [0.2, 0.25) is 0 Å². The molecule has 0 fully saturated rings. The van der Waals surface area contributed by atoms with E-state index in [2.05, 4.69) is 165 Å². The average molecular weight is 1290 g/mol. The molecule has 0 heterocycles. The highest BCUT2D eigenvalue weighted by atomic mass is 16.5. The Bertz CT molecular complexity index is 4500. The van der Waals surface area contributed by atoms with Crippen molar-refractivity contribution in [3.8, 4) is 68.2 Å². The van der Waals surface area contributed by atoms with Crippen molar-refractivity contribution in [2.24, 2.45) is 0 Å². The highest BCUT2D eigenvalue weighted by molar-refractivity contribution is 5.92. The first kappa shape index (κ1) is 71.0. The molecule has 13 aromatic rings. The fourth-order valence-corrected chi connectivity index (χ4v) is 9.54. The number of hydrogen-bond acceptors (Lipinski definition) is 10. The number of nitrogens with zero attached hydrogens (tertiary/aromatic N) is 1. The summed E-state index contributed by atoms with van der Waals surface area (Å²) in [6.07, 6.45) is 5.10. The van der Waals surface area contributed by atoms with Gasteiger partial charge < -0.3 is 29.0 Å². The van der Waals surface area contributed by atoms with Crippen LogP contribution < -0.4 is 29.0 Å². The summed E-state index contributed by atoms with van der Waals surface area (Å²) >= 11 is 0. The normalized spacial score (nSPS) is 10.0. The molecule has 0 unspecified atom stereocenters. The molecule has 0 bridgehead atoms. The summed E-state index contributed by atoms with van der Waals surface area (Å²) in [7, 11) is 6.74. The van der Waals surface area contributed by atoms with Crippen LogP contribution in [-0.4, -0.2) is 46.6 Å². The third kappa shape index (κ3) is 22.7. The highest BCUT2D eigenvalue weighted by Gasteiger charge is 2.10. The van der Waals surface area contributed by atoms with Crippen LogP contribution in [0.15, 0.2) is 328 Å². The zero-order valence-electron chi connectivity index (χ0n) is 55.6. The maximum absolute atomic E-state index is 11.8. The number of esters is 2. The molecule has 486 valence electrons. The molecule has 0 saturated carbocycles. The van der Waals surface area contributed by atoms with E-state index in [9.17, 15) is 14.4 Å². The molecule has 0 saturated heterocycles. The number of para-hydroxylation sites is 2. The van der Waals surface area contributed by atoms with Gasteiger partial charge in [-0.3, -0.25) is 4.79 Å². The van der Waals surface area contributed by atoms with Crippen LogP contribution >= 0.6 is 0 Å². The second kappa shape index (κ2) is 38.4. The average Bonchev–Trinajstić information content (AvgIpc) is 0.970. The summed E-state index contributed by atoms with van der Waals surface area (Å²) in [5.74, 6) is 2.58. The van der Waals surface area contributed by atoms with Crippen LogP contribution in [0.2, 0.25) is 0 Å². The minimum Gasteiger partial charge on any atom is -0.497 e. The van der Waals surface area contributed by atoms with Gasteiger partial charge in [-0.05, 0) is 184 Å². The standard InChI is InChI=1S/C20H16O.C15H15N.C14H11NO.2C14H12O3.C11H10/c1-15-2-6-17(7-3-15)19-10-12-20(13-11-19)18-8-4-16(14-21)5-9-18;1-16-15-11-9-14(10-12-15)8-7-13-5-3-2-4-6-13;1-16-14-8-6-13(7-9-14)12-4-2-11(10-15)3-5-12;2*1-16-12-9-7-11(8-10-12)14(15)17-13-5-3-2-4-6-13;1-9-5-4-7-10-6-2-3-8-11(9)10/h2-14H,1H3;2-12,16H,1H3;2-9H,1H3;2*2-10H,1H3;2-8H,1H3/b;8-7+;;;;. The fourth-order valence-electron chi connectivity index (χ4n) is 9.54. The number of rotatable bonds is 14. The van der Waals surface area contributed by atoms with E-state index in [1.165, 1.54) is 44.2 Å². The Kier molecular flexibility index (Phi) is 27.8. The number of benzene rings is 13. The zero-order chi connectivity index (χ0) is 69.1. The van der Waals surface area contributed by atoms with Gasteiger partial charge in [-0.25, -0.2) is 9.59 Å². The molecule has 0 radical (unpaired) electrons. The molecule has 1 N–H and O–H groups in total. The van der Waals surface area contributed by atoms with Crippen molar-refractivity contribution in [2.75, 3.05) is 33.7 Å². The molecule has 13 rings (SSSR count). The molecule has 98 heavy (non-hydrogen) atoms. The van der Waals surface area contributed by atoms with Crippen molar-refractivity contribution in [1.29, 1.82) is 5.26 Å². The Labute approximate surface area is 574 Å². The Balaban J connectivity index is 0.000000151. The first-order valence-corrected chi connectivity index (χ1v) is 31.6. The highest BCUT2D eigenvalue weighted by Crippen LogP contribution is 2.27. The molecular formula is C88H76N2O8.